The molecule has 0 radical (unpaired) electrons. The number of pyridine rings is 1. The first-order chi connectivity index (χ1) is 14.2. The molecule has 1 aromatic carbocycles. The topological polar surface area (TPSA) is 117 Å². The Balaban J connectivity index is 2.20. The lowest BCUT2D eigenvalue weighted by Crippen LogP contribution is -2.38. The maximum atomic E-state index is 13.5. The summed E-state index contributed by atoms with van der Waals surface area (Å²) in [4.78, 5) is 29.5. The summed E-state index contributed by atoms with van der Waals surface area (Å²) >= 11 is 0. The van der Waals surface area contributed by atoms with Gasteiger partial charge in [-0.25, -0.2) is 18.2 Å². The molecule has 0 bridgehead atoms. The van der Waals surface area contributed by atoms with Gasteiger partial charge in [-0.2, -0.15) is 0 Å². The molecule has 0 saturated carbocycles. The van der Waals surface area contributed by atoms with Crippen LogP contribution in [0.3, 0.4) is 0 Å². The van der Waals surface area contributed by atoms with E-state index in [1.807, 2.05) is 22.9 Å². The molecule has 3 heterocycles. The van der Waals surface area contributed by atoms with E-state index in [0.717, 1.165) is 4.57 Å². The third-order valence-electron chi connectivity index (χ3n) is 4.92. The molecule has 4 rings (SSSR count). The van der Waals surface area contributed by atoms with E-state index in [-0.39, 0.29) is 38.0 Å². The van der Waals surface area contributed by atoms with E-state index in [4.69, 9.17) is 5.73 Å². The first-order valence-corrected chi connectivity index (χ1v) is 12.0. The van der Waals surface area contributed by atoms with Crippen LogP contribution in [-0.4, -0.2) is 22.5 Å². The first-order valence-electron chi connectivity index (χ1n) is 8.95. The summed E-state index contributed by atoms with van der Waals surface area (Å²) in [5, 5.41) is 3.96. The van der Waals surface area contributed by atoms with Gasteiger partial charge >= 0.3 is 5.69 Å². The summed E-state index contributed by atoms with van der Waals surface area (Å²) in [6.45, 7) is 0. The Hall–Kier alpha value is -3.24. The summed E-state index contributed by atoms with van der Waals surface area (Å²) in [5.74, 6) is 0.0192. The molecule has 30 heavy (non-hydrogen) atoms. The van der Waals surface area contributed by atoms with Crippen LogP contribution in [0.2, 0.25) is 0 Å². The van der Waals surface area contributed by atoms with Gasteiger partial charge in [0.25, 0.3) is 5.56 Å². The molecule has 0 atom stereocenters. The Morgan fingerprint density at radius 3 is 2.27 bits per heavy atom. The minimum absolute atomic E-state index is 0.0570. The lowest BCUT2D eigenvalue weighted by atomic mass is 10.2. The lowest BCUT2D eigenvalue weighted by Gasteiger charge is -2.15. The summed E-state index contributed by atoms with van der Waals surface area (Å²) in [7, 11) is -1.64. The number of hydrogen-bond donors (Lipinski definition) is 1. The summed E-state index contributed by atoms with van der Waals surface area (Å²) in [5.41, 5.74) is 5.32. The van der Waals surface area contributed by atoms with Crippen LogP contribution in [0.5, 0.6) is 0 Å². The number of nitrogens with two attached hydrogens (primary N) is 1. The van der Waals surface area contributed by atoms with Gasteiger partial charge in [0.15, 0.2) is 11.4 Å². The predicted molar refractivity (Wildman–Crippen MR) is 117 cm³/mol. The Kier molecular flexibility index (Phi) is 4.83. The number of nitrogen functional groups attached to an aromatic ring is 1. The van der Waals surface area contributed by atoms with E-state index in [1.54, 1.807) is 18.2 Å². The molecule has 8 nitrogen and oxygen atoms in total. The van der Waals surface area contributed by atoms with Crippen molar-refractivity contribution in [2.24, 2.45) is 14.1 Å². The van der Waals surface area contributed by atoms with Crippen molar-refractivity contribution in [3.63, 3.8) is 0 Å². The second-order valence-corrected chi connectivity index (χ2v) is 10.5. The summed E-state index contributed by atoms with van der Waals surface area (Å²) in [6.07, 6.45) is 0. The van der Waals surface area contributed by atoms with Crippen molar-refractivity contribution in [3.05, 3.63) is 79.6 Å². The molecule has 3 aromatic heterocycles. The number of rotatable bonds is 4. The molecular formula is C20H19N4O4S2+. The molecule has 154 valence electrons. The minimum atomic E-state index is -4.05. The van der Waals surface area contributed by atoms with Crippen LogP contribution in [0.15, 0.2) is 72.6 Å². The fourth-order valence-corrected chi connectivity index (χ4v) is 6.57. The fourth-order valence-electron chi connectivity index (χ4n) is 3.42. The van der Waals surface area contributed by atoms with Gasteiger partial charge in [0.1, 0.15) is 21.5 Å². The smallest absolute Gasteiger partial charge is 0.332 e. The maximum absolute atomic E-state index is 13.5. The molecule has 0 amide bonds. The highest BCUT2D eigenvalue weighted by Gasteiger charge is 2.31. The van der Waals surface area contributed by atoms with Gasteiger partial charge in [0.05, 0.1) is 10.3 Å². The zero-order valence-electron chi connectivity index (χ0n) is 16.3. The number of anilines is 1. The van der Waals surface area contributed by atoms with Crippen LogP contribution in [0.1, 0.15) is 5.56 Å². The van der Waals surface area contributed by atoms with Gasteiger partial charge in [0, 0.05) is 19.7 Å². The van der Waals surface area contributed by atoms with Crippen molar-refractivity contribution in [1.29, 1.82) is 0 Å². The highest BCUT2D eigenvalue weighted by molar-refractivity contribution is 7.91. The third kappa shape index (κ3) is 3.04. The van der Waals surface area contributed by atoms with Crippen molar-refractivity contribution < 1.29 is 8.42 Å². The number of aromatic nitrogens is 3. The first kappa shape index (κ1) is 20.0. The maximum Gasteiger partial charge on any atom is 0.332 e. The van der Waals surface area contributed by atoms with Crippen molar-refractivity contribution in [1.82, 2.24) is 14.1 Å². The van der Waals surface area contributed by atoms with Gasteiger partial charge in [-0.05, 0) is 34.7 Å². The zero-order valence-corrected chi connectivity index (χ0v) is 17.9. The van der Waals surface area contributed by atoms with Gasteiger partial charge in [0.2, 0.25) is 9.84 Å². The molecule has 4 aromatic rings. The average Bonchev–Trinajstić information content (AvgIpc) is 3.24. The molecular weight excluding hydrogens is 424 g/mol. The number of benzene rings is 1. The van der Waals surface area contributed by atoms with E-state index in [1.165, 1.54) is 30.8 Å². The molecule has 2 N–H and O–H groups in total. The van der Waals surface area contributed by atoms with Crippen LogP contribution in [-0.2, 0) is 29.7 Å². The zero-order chi connectivity index (χ0) is 21.6. The normalized spacial score (nSPS) is 11.8. The van der Waals surface area contributed by atoms with Gasteiger partial charge < -0.3 is 5.73 Å². The summed E-state index contributed by atoms with van der Waals surface area (Å²) < 4.78 is 29.2. The largest absolute Gasteiger partial charge is 0.383 e. The molecule has 0 aliphatic carbocycles. The molecule has 0 spiro atoms. The standard InChI is InChI=1S/C20H18N4O4S2/c1-23-18-15(19(25)24(2)20(23)26)14(12-29-10-6-7-11-29)16(17(21)22-18)30(27,28)13-8-4-3-5-9-13/h3-11H,12H2,1-2H3,(H-,21,22,25)/p+1. The molecule has 0 unspecified atom stereocenters. The van der Waals surface area contributed by atoms with Crippen LogP contribution < -0.4 is 17.0 Å². The van der Waals surface area contributed by atoms with Crippen LogP contribution >= 0.6 is 10.5 Å². The predicted octanol–water partition coefficient (Wildman–Crippen LogP) is 1.84. The molecule has 0 aliphatic heterocycles. The third-order valence-corrected chi connectivity index (χ3v) is 8.44. The van der Waals surface area contributed by atoms with Crippen molar-refractivity contribution in [3.8, 4) is 0 Å². The monoisotopic (exact) mass is 443 g/mol. The highest BCUT2D eigenvalue weighted by atomic mass is 32.2. The molecule has 0 fully saturated rings. The van der Waals surface area contributed by atoms with E-state index in [2.05, 4.69) is 4.98 Å². The number of hydrogen-bond acceptors (Lipinski definition) is 6. The van der Waals surface area contributed by atoms with E-state index in [0.29, 0.717) is 0 Å². The van der Waals surface area contributed by atoms with Crippen molar-refractivity contribution in [2.75, 3.05) is 5.73 Å². The Morgan fingerprint density at radius 1 is 1.00 bits per heavy atom. The van der Waals surface area contributed by atoms with Gasteiger partial charge in [-0.15, -0.1) is 0 Å². The van der Waals surface area contributed by atoms with Crippen LogP contribution in [0.4, 0.5) is 5.82 Å². The molecule has 0 saturated heterocycles. The lowest BCUT2D eigenvalue weighted by molar-refractivity contribution is 0.595. The highest BCUT2D eigenvalue weighted by Crippen LogP contribution is 2.35. The average molecular weight is 444 g/mol. The summed E-state index contributed by atoms with van der Waals surface area (Å²) in [6, 6.07) is 11.6. The van der Waals surface area contributed by atoms with E-state index < -0.39 is 31.6 Å². The molecule has 0 aliphatic rings. The number of sulfone groups is 1. The Morgan fingerprint density at radius 2 is 1.63 bits per heavy atom. The van der Waals surface area contributed by atoms with Gasteiger partial charge in [-0.3, -0.25) is 13.9 Å². The van der Waals surface area contributed by atoms with Crippen LogP contribution in [0.25, 0.3) is 11.0 Å². The second-order valence-electron chi connectivity index (χ2n) is 6.80. The second kappa shape index (κ2) is 7.22. The molecule has 10 heteroatoms. The van der Waals surface area contributed by atoms with E-state index in [9.17, 15) is 18.0 Å². The number of fused-ring (bicyclic) bond motifs is 1. The van der Waals surface area contributed by atoms with Crippen molar-refractivity contribution >= 4 is 37.2 Å². The number of nitrogens with zero attached hydrogens (tertiary/aromatic N) is 3. The van der Waals surface area contributed by atoms with Gasteiger partial charge in [-0.1, -0.05) is 18.2 Å². The van der Waals surface area contributed by atoms with Crippen LogP contribution in [0, 0.1) is 0 Å². The quantitative estimate of drug-likeness (QED) is 0.481. The number of aryl methyl sites for hydroxylation is 1. The minimum Gasteiger partial charge on any atom is -0.383 e. The Bertz CT molecular complexity index is 1490. The van der Waals surface area contributed by atoms with E-state index >= 15 is 0 Å². The Labute approximate surface area is 174 Å². The SMILES string of the molecule is Cn1c(=O)c2c(C[s+]3cccc3)c(S(=O)(=O)c3ccccc3)c(N)nc2n(C)c1=O. The van der Waals surface area contributed by atoms with Crippen molar-refractivity contribution in [2.45, 2.75) is 15.5 Å². The number of thiophene rings is 1. The fraction of sp³-hybridized carbons (Fsp3) is 0.150.